The first kappa shape index (κ1) is 20.0. The summed E-state index contributed by atoms with van der Waals surface area (Å²) in [6.45, 7) is 3.13. The molecule has 2 unspecified atom stereocenters. The van der Waals surface area contributed by atoms with E-state index in [1.165, 1.54) is 0 Å². The zero-order valence-corrected chi connectivity index (χ0v) is 17.2. The Morgan fingerprint density at radius 3 is 2.76 bits per heavy atom. The van der Waals surface area contributed by atoms with Crippen molar-refractivity contribution in [3.63, 3.8) is 0 Å². The molecule has 1 amide bonds. The monoisotopic (exact) mass is 419 g/mol. The van der Waals surface area contributed by atoms with Gasteiger partial charge in [0.15, 0.2) is 17.3 Å². The zero-order valence-electron chi connectivity index (χ0n) is 16.4. The van der Waals surface area contributed by atoms with Crippen molar-refractivity contribution in [3.05, 3.63) is 29.6 Å². The molecular weight excluding hydrogens is 394 g/mol. The summed E-state index contributed by atoms with van der Waals surface area (Å²) in [5.74, 6) is 3.46. The molecule has 1 saturated heterocycles. The summed E-state index contributed by atoms with van der Waals surface area (Å²) in [5.41, 5.74) is 1.12. The van der Waals surface area contributed by atoms with E-state index in [9.17, 15) is 4.79 Å². The number of amides is 1. The molecule has 1 saturated carbocycles. The van der Waals surface area contributed by atoms with Crippen LogP contribution in [0, 0.1) is 5.92 Å². The Balaban J connectivity index is 0.00000205. The number of rotatable bonds is 4. The number of aryl methyl sites for hydroxylation is 1. The maximum absolute atomic E-state index is 12.7. The van der Waals surface area contributed by atoms with E-state index in [0.717, 1.165) is 55.2 Å². The molecule has 8 nitrogen and oxygen atoms in total. The van der Waals surface area contributed by atoms with Crippen molar-refractivity contribution in [2.45, 2.75) is 31.1 Å². The second-order valence-electron chi connectivity index (χ2n) is 7.78. The molecule has 156 valence electrons. The minimum atomic E-state index is -0.0402. The van der Waals surface area contributed by atoms with Crippen LogP contribution in [0.1, 0.15) is 42.5 Å². The molecule has 0 bridgehead atoms. The van der Waals surface area contributed by atoms with Gasteiger partial charge in [-0.15, -0.1) is 12.4 Å². The molecule has 2 N–H and O–H groups in total. The third kappa shape index (κ3) is 4.04. The van der Waals surface area contributed by atoms with Crippen molar-refractivity contribution in [1.82, 2.24) is 20.1 Å². The van der Waals surface area contributed by atoms with Gasteiger partial charge in [0, 0.05) is 18.9 Å². The Morgan fingerprint density at radius 2 is 1.97 bits per heavy atom. The van der Waals surface area contributed by atoms with Crippen molar-refractivity contribution >= 4 is 24.3 Å². The van der Waals surface area contributed by atoms with Crippen LogP contribution in [0.5, 0.6) is 11.5 Å². The molecule has 2 aromatic rings. The molecule has 9 heteroatoms. The fourth-order valence-electron chi connectivity index (χ4n) is 4.11. The van der Waals surface area contributed by atoms with Gasteiger partial charge in [-0.2, -0.15) is 10.1 Å². The Bertz CT molecular complexity index is 896. The Labute approximate surface area is 175 Å². The van der Waals surface area contributed by atoms with E-state index in [1.807, 2.05) is 25.2 Å². The van der Waals surface area contributed by atoms with Gasteiger partial charge in [0.2, 0.25) is 11.9 Å². The molecule has 1 aliphatic carbocycles. The van der Waals surface area contributed by atoms with Crippen molar-refractivity contribution in [3.8, 4) is 11.5 Å². The average Bonchev–Trinajstić information content (AvgIpc) is 3.46. The van der Waals surface area contributed by atoms with Gasteiger partial charge in [0.25, 0.3) is 0 Å². The van der Waals surface area contributed by atoms with Gasteiger partial charge >= 0.3 is 0 Å². The summed E-state index contributed by atoms with van der Waals surface area (Å²) in [5, 5.41) is 10.8. The molecule has 2 aliphatic heterocycles. The fourth-order valence-corrected chi connectivity index (χ4v) is 4.11. The highest BCUT2D eigenvalue weighted by Crippen LogP contribution is 2.49. The van der Waals surface area contributed by atoms with Gasteiger partial charge in [0.05, 0.1) is 0 Å². The number of nitrogens with one attached hydrogen (secondary N) is 2. The van der Waals surface area contributed by atoms with E-state index in [4.69, 9.17) is 9.47 Å². The van der Waals surface area contributed by atoms with E-state index in [-0.39, 0.29) is 30.2 Å². The molecule has 1 aromatic heterocycles. The van der Waals surface area contributed by atoms with E-state index in [1.54, 1.807) is 4.68 Å². The number of hydrogen-bond donors (Lipinski definition) is 2. The van der Waals surface area contributed by atoms with Crippen LogP contribution in [0.2, 0.25) is 0 Å². The second-order valence-corrected chi connectivity index (χ2v) is 7.78. The lowest BCUT2D eigenvalue weighted by Crippen LogP contribution is -2.27. The average molecular weight is 420 g/mol. The predicted molar refractivity (Wildman–Crippen MR) is 110 cm³/mol. The number of carbonyl (C=O) groups is 1. The van der Waals surface area contributed by atoms with E-state index < -0.39 is 0 Å². The molecule has 2 fully saturated rings. The molecule has 5 rings (SSSR count). The third-order valence-electron chi connectivity index (χ3n) is 5.84. The smallest absolute Gasteiger partial charge is 0.230 e. The number of benzene rings is 1. The number of carbonyl (C=O) groups excluding carboxylic acids is 1. The first-order chi connectivity index (χ1) is 13.7. The van der Waals surface area contributed by atoms with Gasteiger partial charge in [-0.3, -0.25) is 10.1 Å². The molecule has 29 heavy (non-hydrogen) atoms. The highest BCUT2D eigenvalue weighted by molar-refractivity contribution is 5.94. The molecule has 2 atom stereocenters. The minimum absolute atomic E-state index is 0. The highest BCUT2D eigenvalue weighted by Gasteiger charge is 2.44. The maximum Gasteiger partial charge on any atom is 0.230 e. The first-order valence-electron chi connectivity index (χ1n) is 10.0. The van der Waals surface area contributed by atoms with Gasteiger partial charge < -0.3 is 14.8 Å². The molecule has 3 aliphatic rings. The Kier molecular flexibility index (Phi) is 5.65. The van der Waals surface area contributed by atoms with Gasteiger partial charge in [-0.05, 0) is 56.0 Å². The van der Waals surface area contributed by atoms with Crippen LogP contribution in [0.25, 0.3) is 0 Å². The number of ether oxygens (including phenoxy) is 2. The second kappa shape index (κ2) is 8.20. The summed E-state index contributed by atoms with van der Waals surface area (Å²) in [6.07, 6.45) is 2.91. The van der Waals surface area contributed by atoms with Crippen molar-refractivity contribution in [1.29, 1.82) is 0 Å². The van der Waals surface area contributed by atoms with Crippen molar-refractivity contribution in [2.24, 2.45) is 13.0 Å². The van der Waals surface area contributed by atoms with Crippen LogP contribution < -0.4 is 20.1 Å². The van der Waals surface area contributed by atoms with Crippen molar-refractivity contribution in [2.75, 3.05) is 31.6 Å². The molecular formula is C20H26ClN5O3. The number of fused-ring (bicyclic) bond motifs is 1. The quantitative estimate of drug-likeness (QED) is 0.789. The lowest BCUT2D eigenvalue weighted by atomic mass is 9.98. The number of hydrogen-bond acceptors (Lipinski definition) is 6. The zero-order chi connectivity index (χ0) is 19.1. The van der Waals surface area contributed by atoms with Gasteiger partial charge in [-0.1, -0.05) is 6.07 Å². The number of halogens is 1. The molecule has 0 spiro atoms. The molecule has 0 radical (unpaired) electrons. The number of anilines is 1. The minimum Gasteiger partial charge on any atom is -0.486 e. The van der Waals surface area contributed by atoms with E-state index in [0.29, 0.717) is 25.1 Å². The van der Waals surface area contributed by atoms with Gasteiger partial charge in [0.1, 0.15) is 13.2 Å². The fraction of sp³-hybridized carbons (Fsp3) is 0.550. The van der Waals surface area contributed by atoms with E-state index in [2.05, 4.69) is 20.7 Å². The van der Waals surface area contributed by atoms with E-state index >= 15 is 0 Å². The predicted octanol–water partition coefficient (Wildman–Crippen LogP) is 2.22. The Hall–Kier alpha value is -2.32. The summed E-state index contributed by atoms with van der Waals surface area (Å²) in [7, 11) is 1.83. The molecule has 1 aromatic carbocycles. The first-order valence-corrected chi connectivity index (χ1v) is 10.0. The van der Waals surface area contributed by atoms with Crippen LogP contribution in [0.15, 0.2) is 18.2 Å². The summed E-state index contributed by atoms with van der Waals surface area (Å²) >= 11 is 0. The Morgan fingerprint density at radius 1 is 1.21 bits per heavy atom. The van der Waals surface area contributed by atoms with Crippen LogP contribution in [0.4, 0.5) is 5.95 Å². The number of piperidine rings is 1. The van der Waals surface area contributed by atoms with Gasteiger partial charge in [-0.25, -0.2) is 4.68 Å². The topological polar surface area (TPSA) is 90.3 Å². The lowest BCUT2D eigenvalue weighted by molar-refractivity contribution is -0.117. The number of nitrogens with zero attached hydrogens (tertiary/aromatic N) is 3. The third-order valence-corrected chi connectivity index (χ3v) is 5.84. The summed E-state index contributed by atoms with van der Waals surface area (Å²) in [6, 6.07) is 5.97. The van der Waals surface area contributed by atoms with Crippen LogP contribution in [0.3, 0.4) is 0 Å². The van der Waals surface area contributed by atoms with Crippen LogP contribution in [-0.2, 0) is 11.8 Å². The largest absolute Gasteiger partial charge is 0.486 e. The van der Waals surface area contributed by atoms with Crippen LogP contribution >= 0.6 is 12.4 Å². The van der Waals surface area contributed by atoms with Crippen LogP contribution in [-0.4, -0.2) is 47.0 Å². The summed E-state index contributed by atoms with van der Waals surface area (Å²) < 4.78 is 12.9. The SMILES string of the molecule is Cl.Cn1nc(C2CCNCC2)nc1NC(=O)C1CC1c1ccc2c(c1)OCCO2. The molecule has 3 heterocycles. The highest BCUT2D eigenvalue weighted by atomic mass is 35.5. The summed E-state index contributed by atoms with van der Waals surface area (Å²) in [4.78, 5) is 17.3. The van der Waals surface area contributed by atoms with Crippen molar-refractivity contribution < 1.29 is 14.3 Å². The maximum atomic E-state index is 12.7. The normalized spacial score (nSPS) is 23.2. The standard InChI is InChI=1S/C20H25N5O3.ClH/c1-25-20(22-18(24-25)12-4-6-21-7-5-12)23-19(26)15-11-14(15)13-2-3-16-17(10-13)28-9-8-27-16;/h2-3,10,12,14-15,21H,4-9,11H2,1H3,(H,22,23,24,26);1H. The number of aromatic nitrogens is 3. The lowest BCUT2D eigenvalue weighted by Gasteiger charge is -2.19.